The van der Waals surface area contributed by atoms with Crippen LogP contribution in [0.5, 0.6) is 0 Å². The van der Waals surface area contributed by atoms with Crippen LogP contribution in [0.1, 0.15) is 49.9 Å². The van der Waals surface area contributed by atoms with Crippen molar-refractivity contribution in [3.63, 3.8) is 0 Å². The lowest BCUT2D eigenvalue weighted by molar-refractivity contribution is 0.660. The molecule has 2 aliphatic carbocycles. The summed E-state index contributed by atoms with van der Waals surface area (Å²) in [6.45, 7) is 9.52. The predicted octanol–water partition coefficient (Wildman–Crippen LogP) is 15.3. The van der Waals surface area contributed by atoms with Crippen LogP contribution in [0.2, 0.25) is 0 Å². The highest BCUT2D eigenvalue weighted by molar-refractivity contribution is 6.22. The molecule has 0 heterocycles. The van der Waals surface area contributed by atoms with Gasteiger partial charge in [0, 0.05) is 10.8 Å². The highest BCUT2D eigenvalue weighted by atomic mass is 14.4. The third-order valence-electron chi connectivity index (χ3n) is 13.1. The number of rotatable bonds is 4. The van der Waals surface area contributed by atoms with Gasteiger partial charge in [-0.15, -0.1) is 0 Å². The van der Waals surface area contributed by atoms with E-state index in [9.17, 15) is 0 Å². The number of hydrogen-bond donors (Lipinski definition) is 0. The molecular formula is C56H42. The Morgan fingerprint density at radius 2 is 0.679 bits per heavy atom. The van der Waals surface area contributed by atoms with Crippen LogP contribution >= 0.6 is 0 Å². The molecular weight excluding hydrogens is 673 g/mol. The molecule has 0 radical (unpaired) electrons. The average Bonchev–Trinajstić information content (AvgIpc) is 3.61. The summed E-state index contributed by atoms with van der Waals surface area (Å²) in [4.78, 5) is 0. The third kappa shape index (κ3) is 4.72. The van der Waals surface area contributed by atoms with Gasteiger partial charge in [0.05, 0.1) is 0 Å². The first-order valence-corrected chi connectivity index (χ1v) is 19.9. The second-order valence-corrected chi connectivity index (χ2v) is 16.9. The van der Waals surface area contributed by atoms with E-state index < -0.39 is 0 Å². The molecule has 2 aliphatic rings. The van der Waals surface area contributed by atoms with Crippen LogP contribution in [0.4, 0.5) is 0 Å². The van der Waals surface area contributed by atoms with E-state index in [4.69, 9.17) is 0 Å². The maximum absolute atomic E-state index is 2.50. The van der Waals surface area contributed by atoms with Crippen molar-refractivity contribution in [2.45, 2.75) is 38.5 Å². The van der Waals surface area contributed by atoms with E-state index in [1.54, 1.807) is 0 Å². The third-order valence-corrected chi connectivity index (χ3v) is 13.1. The Morgan fingerprint density at radius 3 is 1.36 bits per heavy atom. The van der Waals surface area contributed by atoms with Gasteiger partial charge in [0.2, 0.25) is 0 Å². The van der Waals surface area contributed by atoms with Crippen molar-refractivity contribution in [2.75, 3.05) is 0 Å². The summed E-state index contributed by atoms with van der Waals surface area (Å²) >= 11 is 0. The summed E-state index contributed by atoms with van der Waals surface area (Å²) in [6.07, 6.45) is 0. The van der Waals surface area contributed by atoms with Crippen LogP contribution in [0, 0.1) is 0 Å². The Balaban J connectivity index is 1.15. The van der Waals surface area contributed by atoms with E-state index in [-0.39, 0.29) is 10.8 Å². The molecule has 0 heteroatoms. The molecule has 0 spiro atoms. The van der Waals surface area contributed by atoms with Crippen molar-refractivity contribution < 1.29 is 0 Å². The lowest BCUT2D eigenvalue weighted by Gasteiger charge is -2.24. The zero-order chi connectivity index (χ0) is 37.8. The molecule has 0 nitrogen and oxygen atoms in total. The van der Waals surface area contributed by atoms with Crippen molar-refractivity contribution in [3.8, 4) is 66.8 Å². The molecule has 0 N–H and O–H groups in total. The molecule has 0 fully saturated rings. The summed E-state index contributed by atoms with van der Waals surface area (Å²) in [5.74, 6) is 0. The summed E-state index contributed by atoms with van der Waals surface area (Å²) in [5.41, 5.74) is 20.9. The van der Waals surface area contributed by atoms with Gasteiger partial charge in [0.15, 0.2) is 0 Å². The second-order valence-electron chi connectivity index (χ2n) is 16.9. The van der Waals surface area contributed by atoms with Gasteiger partial charge in [-0.1, -0.05) is 185 Å². The minimum Gasteiger partial charge on any atom is -0.0622 e. The van der Waals surface area contributed by atoms with Gasteiger partial charge in [0.25, 0.3) is 0 Å². The quantitative estimate of drug-likeness (QED) is 0.159. The Labute approximate surface area is 329 Å². The fraction of sp³-hybridized carbons (Fsp3) is 0.107. The first-order valence-electron chi connectivity index (χ1n) is 19.9. The van der Waals surface area contributed by atoms with Gasteiger partial charge >= 0.3 is 0 Å². The van der Waals surface area contributed by atoms with E-state index in [2.05, 4.69) is 210 Å². The molecule has 0 saturated carbocycles. The molecule has 9 aromatic carbocycles. The van der Waals surface area contributed by atoms with Crippen LogP contribution in [0.3, 0.4) is 0 Å². The second kappa shape index (κ2) is 12.0. The molecule has 0 amide bonds. The Morgan fingerprint density at radius 1 is 0.250 bits per heavy atom. The minimum atomic E-state index is -0.147. The highest BCUT2D eigenvalue weighted by Crippen LogP contribution is 2.54. The molecule has 0 bridgehead atoms. The van der Waals surface area contributed by atoms with Crippen LogP contribution in [0.15, 0.2) is 182 Å². The normalized spacial score (nSPS) is 14.4. The molecule has 0 unspecified atom stereocenters. The Bertz CT molecular complexity index is 3050. The van der Waals surface area contributed by atoms with Crippen LogP contribution in [-0.4, -0.2) is 0 Å². The maximum atomic E-state index is 2.50. The fourth-order valence-electron chi connectivity index (χ4n) is 10.2. The summed E-state index contributed by atoms with van der Waals surface area (Å²) in [5, 5.41) is 5.12. The number of hydrogen-bond acceptors (Lipinski definition) is 0. The van der Waals surface area contributed by atoms with E-state index in [0.717, 1.165) is 0 Å². The van der Waals surface area contributed by atoms with Gasteiger partial charge < -0.3 is 0 Å². The smallest absolute Gasteiger partial charge is 0.0159 e. The van der Waals surface area contributed by atoms with Crippen LogP contribution in [0.25, 0.3) is 88.3 Å². The van der Waals surface area contributed by atoms with Crippen molar-refractivity contribution in [3.05, 3.63) is 204 Å². The van der Waals surface area contributed by atoms with Crippen molar-refractivity contribution in [1.29, 1.82) is 0 Å². The lowest BCUT2D eigenvalue weighted by atomic mass is 9.79. The standard InChI is InChI=1S/C56H42/c1-55(2)49-22-14-13-19-41(49)47-32-39(26-30-50(47)55)54-45-21-12-11-20-44(45)53(46-29-24-37(31-48(46)54)35-15-7-5-8-16-35)40-25-28-43-42-27-23-38(36-17-9-6-10-18-36)33-51(42)56(3,4)52(43)34-40/h5-34H,1-4H3. The highest BCUT2D eigenvalue weighted by Gasteiger charge is 2.37. The fourth-order valence-corrected chi connectivity index (χ4v) is 10.2. The van der Waals surface area contributed by atoms with Crippen LogP contribution < -0.4 is 0 Å². The first kappa shape index (κ1) is 32.9. The minimum absolute atomic E-state index is 0.0386. The SMILES string of the molecule is CC1(C)c2ccccc2-c2cc(-c3c4ccccc4c(-c4ccc5c(c4)C(C)(C)c4cc(-c6ccccc6)ccc4-5)c4ccc(-c5ccccc5)cc34)ccc21. The van der Waals surface area contributed by atoms with Gasteiger partial charge in [-0.05, 0) is 135 Å². The summed E-state index contributed by atoms with van der Waals surface area (Å²) in [7, 11) is 0. The van der Waals surface area contributed by atoms with Gasteiger partial charge in [-0.3, -0.25) is 0 Å². The van der Waals surface area contributed by atoms with Gasteiger partial charge in [-0.2, -0.15) is 0 Å². The molecule has 0 atom stereocenters. The van der Waals surface area contributed by atoms with E-state index in [1.165, 1.54) is 111 Å². The molecule has 266 valence electrons. The summed E-state index contributed by atoms with van der Waals surface area (Å²) in [6, 6.07) is 68.3. The first-order chi connectivity index (χ1) is 27.3. The van der Waals surface area contributed by atoms with E-state index >= 15 is 0 Å². The zero-order valence-corrected chi connectivity index (χ0v) is 32.3. The zero-order valence-electron chi connectivity index (χ0n) is 32.3. The lowest BCUT2D eigenvalue weighted by Crippen LogP contribution is -2.15. The van der Waals surface area contributed by atoms with Crippen LogP contribution in [-0.2, 0) is 10.8 Å². The Kier molecular flexibility index (Phi) is 7.05. The monoisotopic (exact) mass is 714 g/mol. The number of fused-ring (bicyclic) bond motifs is 8. The topological polar surface area (TPSA) is 0 Å². The largest absolute Gasteiger partial charge is 0.0622 e. The Hall–Kier alpha value is -6.50. The molecule has 11 rings (SSSR count). The average molecular weight is 715 g/mol. The van der Waals surface area contributed by atoms with Gasteiger partial charge in [-0.25, -0.2) is 0 Å². The number of benzene rings is 9. The van der Waals surface area contributed by atoms with E-state index in [0.29, 0.717) is 0 Å². The molecule has 0 saturated heterocycles. The van der Waals surface area contributed by atoms with Crippen molar-refractivity contribution in [1.82, 2.24) is 0 Å². The molecule has 0 aliphatic heterocycles. The molecule has 56 heavy (non-hydrogen) atoms. The molecule has 0 aromatic heterocycles. The van der Waals surface area contributed by atoms with Crippen molar-refractivity contribution in [2.24, 2.45) is 0 Å². The molecule has 9 aromatic rings. The maximum Gasteiger partial charge on any atom is 0.0159 e. The predicted molar refractivity (Wildman–Crippen MR) is 238 cm³/mol. The summed E-state index contributed by atoms with van der Waals surface area (Å²) < 4.78 is 0. The van der Waals surface area contributed by atoms with Gasteiger partial charge in [0.1, 0.15) is 0 Å². The van der Waals surface area contributed by atoms with Crippen molar-refractivity contribution >= 4 is 21.5 Å². The van der Waals surface area contributed by atoms with E-state index in [1.807, 2.05) is 0 Å².